The maximum atomic E-state index is 5.52. The molecule has 0 saturated carbocycles. The molecule has 0 aliphatic heterocycles. The maximum absolute atomic E-state index is 5.52. The van der Waals surface area contributed by atoms with Crippen molar-refractivity contribution >= 4 is 11.3 Å². The van der Waals surface area contributed by atoms with E-state index in [-0.39, 0.29) is 0 Å². The van der Waals surface area contributed by atoms with E-state index in [9.17, 15) is 0 Å². The molecule has 0 amide bonds. The summed E-state index contributed by atoms with van der Waals surface area (Å²) in [5.74, 6) is 0.891. The second-order valence-corrected chi connectivity index (χ2v) is 5.71. The average molecular weight is 301 g/mol. The largest absolute Gasteiger partial charge is 0.332 e. The standard InChI is InChI=1S/C14H15N5OS/c1-8-5-9(2)12(16-6-8)13-18-14(20-19-13)10-7-21-11(17-10)3-4-15/h5-7H,3-4,15H2,1-2H3. The fourth-order valence-electron chi connectivity index (χ4n) is 2.02. The molecule has 0 aromatic carbocycles. The minimum absolute atomic E-state index is 0.409. The fraction of sp³-hybridized carbons (Fsp3) is 0.286. The number of thiazole rings is 1. The molecule has 7 heteroatoms. The zero-order chi connectivity index (χ0) is 14.8. The zero-order valence-electron chi connectivity index (χ0n) is 11.8. The van der Waals surface area contributed by atoms with Gasteiger partial charge in [0.05, 0.1) is 5.01 Å². The predicted molar refractivity (Wildman–Crippen MR) is 80.9 cm³/mol. The van der Waals surface area contributed by atoms with Gasteiger partial charge in [-0.2, -0.15) is 4.98 Å². The first-order valence-corrected chi connectivity index (χ1v) is 7.47. The zero-order valence-corrected chi connectivity index (χ0v) is 12.6. The Balaban J connectivity index is 1.91. The van der Waals surface area contributed by atoms with Crippen LogP contribution >= 0.6 is 11.3 Å². The fourth-order valence-corrected chi connectivity index (χ4v) is 2.81. The van der Waals surface area contributed by atoms with Gasteiger partial charge < -0.3 is 10.3 Å². The summed E-state index contributed by atoms with van der Waals surface area (Å²) in [5.41, 5.74) is 9.06. The number of hydrogen-bond donors (Lipinski definition) is 1. The first-order valence-electron chi connectivity index (χ1n) is 6.59. The van der Waals surface area contributed by atoms with Crippen LogP contribution in [0.2, 0.25) is 0 Å². The molecule has 0 unspecified atom stereocenters. The van der Waals surface area contributed by atoms with Gasteiger partial charge >= 0.3 is 0 Å². The van der Waals surface area contributed by atoms with Crippen LogP contribution < -0.4 is 5.73 Å². The molecule has 3 aromatic heterocycles. The van der Waals surface area contributed by atoms with E-state index in [0.717, 1.165) is 28.2 Å². The summed E-state index contributed by atoms with van der Waals surface area (Å²) in [6, 6.07) is 2.04. The van der Waals surface area contributed by atoms with Crippen LogP contribution in [-0.4, -0.2) is 26.7 Å². The number of hydrogen-bond acceptors (Lipinski definition) is 7. The van der Waals surface area contributed by atoms with Crippen molar-refractivity contribution in [3.63, 3.8) is 0 Å². The average Bonchev–Trinajstić information content (AvgIpc) is 3.08. The summed E-state index contributed by atoms with van der Waals surface area (Å²) in [5, 5.41) is 6.87. The van der Waals surface area contributed by atoms with E-state index < -0.39 is 0 Å². The van der Waals surface area contributed by atoms with Crippen LogP contribution in [0.1, 0.15) is 16.1 Å². The normalized spacial score (nSPS) is 11.0. The summed E-state index contributed by atoms with van der Waals surface area (Å²) in [6.45, 7) is 4.56. The molecule has 0 aliphatic carbocycles. The summed E-state index contributed by atoms with van der Waals surface area (Å²) in [7, 11) is 0. The molecule has 3 rings (SSSR count). The van der Waals surface area contributed by atoms with Gasteiger partial charge in [-0.1, -0.05) is 11.2 Å². The van der Waals surface area contributed by atoms with E-state index in [2.05, 4.69) is 20.1 Å². The van der Waals surface area contributed by atoms with E-state index in [1.807, 2.05) is 25.3 Å². The number of aryl methyl sites for hydroxylation is 2. The van der Waals surface area contributed by atoms with Gasteiger partial charge in [0.1, 0.15) is 11.4 Å². The van der Waals surface area contributed by atoms with E-state index in [0.29, 0.717) is 24.0 Å². The van der Waals surface area contributed by atoms with Gasteiger partial charge in [0.2, 0.25) is 5.82 Å². The Labute approximate surface area is 126 Å². The molecule has 3 heterocycles. The van der Waals surface area contributed by atoms with Gasteiger partial charge in [-0.3, -0.25) is 4.98 Å². The SMILES string of the molecule is Cc1cnc(-c2noc(-c3csc(CCN)n3)n2)c(C)c1. The third-order valence-electron chi connectivity index (χ3n) is 2.98. The smallest absolute Gasteiger partial charge is 0.277 e. The molecular formula is C14H15N5OS. The van der Waals surface area contributed by atoms with Crippen LogP contribution in [0.5, 0.6) is 0 Å². The monoisotopic (exact) mass is 301 g/mol. The Morgan fingerprint density at radius 2 is 2.14 bits per heavy atom. The molecule has 0 bridgehead atoms. The summed E-state index contributed by atoms with van der Waals surface area (Å²) >= 11 is 1.54. The molecule has 0 fully saturated rings. The highest BCUT2D eigenvalue weighted by Gasteiger charge is 2.15. The lowest BCUT2D eigenvalue weighted by molar-refractivity contribution is 0.431. The number of nitrogens with two attached hydrogens (primary N) is 1. The molecule has 0 radical (unpaired) electrons. The van der Waals surface area contributed by atoms with Crippen LogP contribution in [0.4, 0.5) is 0 Å². The van der Waals surface area contributed by atoms with Crippen molar-refractivity contribution in [2.75, 3.05) is 6.54 Å². The maximum Gasteiger partial charge on any atom is 0.277 e. The first-order chi connectivity index (χ1) is 10.2. The van der Waals surface area contributed by atoms with Crippen molar-refractivity contribution in [3.8, 4) is 23.1 Å². The van der Waals surface area contributed by atoms with Gasteiger partial charge in [0.25, 0.3) is 5.89 Å². The van der Waals surface area contributed by atoms with E-state index >= 15 is 0 Å². The molecule has 0 spiro atoms. The third kappa shape index (κ3) is 2.84. The summed E-state index contributed by atoms with van der Waals surface area (Å²) in [4.78, 5) is 13.2. The van der Waals surface area contributed by atoms with Crippen molar-refractivity contribution in [1.82, 2.24) is 20.1 Å². The van der Waals surface area contributed by atoms with Gasteiger partial charge in [0, 0.05) is 18.0 Å². The highest BCUT2D eigenvalue weighted by molar-refractivity contribution is 7.09. The molecular weight excluding hydrogens is 286 g/mol. The molecule has 3 aromatic rings. The number of pyridine rings is 1. The van der Waals surface area contributed by atoms with Crippen LogP contribution in [0.25, 0.3) is 23.1 Å². The second-order valence-electron chi connectivity index (χ2n) is 4.77. The van der Waals surface area contributed by atoms with Crippen molar-refractivity contribution in [2.45, 2.75) is 20.3 Å². The molecule has 6 nitrogen and oxygen atoms in total. The Morgan fingerprint density at radius 1 is 1.29 bits per heavy atom. The second kappa shape index (κ2) is 5.71. The summed E-state index contributed by atoms with van der Waals surface area (Å²) < 4.78 is 5.29. The quantitative estimate of drug-likeness (QED) is 0.795. The number of aromatic nitrogens is 4. The van der Waals surface area contributed by atoms with Crippen LogP contribution in [0.3, 0.4) is 0 Å². The predicted octanol–water partition coefficient (Wildman–Crippen LogP) is 2.37. The van der Waals surface area contributed by atoms with Crippen molar-refractivity contribution in [1.29, 1.82) is 0 Å². The lowest BCUT2D eigenvalue weighted by Gasteiger charge is -2.00. The number of rotatable bonds is 4. The Hall–Kier alpha value is -2.12. The van der Waals surface area contributed by atoms with E-state index in [1.165, 1.54) is 0 Å². The lowest BCUT2D eigenvalue weighted by Crippen LogP contribution is -2.01. The lowest BCUT2D eigenvalue weighted by atomic mass is 10.1. The topological polar surface area (TPSA) is 90.7 Å². The van der Waals surface area contributed by atoms with Gasteiger partial charge in [-0.05, 0) is 31.5 Å². The highest BCUT2D eigenvalue weighted by atomic mass is 32.1. The molecule has 108 valence electrons. The van der Waals surface area contributed by atoms with Gasteiger partial charge in [0.15, 0.2) is 0 Å². The van der Waals surface area contributed by atoms with E-state index in [1.54, 1.807) is 17.5 Å². The van der Waals surface area contributed by atoms with Gasteiger partial charge in [-0.25, -0.2) is 4.98 Å². The van der Waals surface area contributed by atoms with Gasteiger partial charge in [-0.15, -0.1) is 11.3 Å². The van der Waals surface area contributed by atoms with Crippen LogP contribution in [0.15, 0.2) is 22.2 Å². The van der Waals surface area contributed by atoms with E-state index in [4.69, 9.17) is 10.3 Å². The van der Waals surface area contributed by atoms with Crippen LogP contribution in [-0.2, 0) is 6.42 Å². The van der Waals surface area contributed by atoms with Crippen LogP contribution in [0, 0.1) is 13.8 Å². The molecule has 0 saturated heterocycles. The molecule has 2 N–H and O–H groups in total. The highest BCUT2D eigenvalue weighted by Crippen LogP contribution is 2.24. The third-order valence-corrected chi connectivity index (χ3v) is 3.89. The summed E-state index contributed by atoms with van der Waals surface area (Å²) in [6.07, 6.45) is 2.55. The van der Waals surface area contributed by atoms with Crippen molar-refractivity contribution in [3.05, 3.63) is 33.8 Å². The Kier molecular flexibility index (Phi) is 3.76. The first kappa shape index (κ1) is 13.8. The number of nitrogens with zero attached hydrogens (tertiary/aromatic N) is 4. The minimum Gasteiger partial charge on any atom is -0.332 e. The Bertz CT molecular complexity index is 764. The molecule has 0 aliphatic rings. The minimum atomic E-state index is 0.409. The Morgan fingerprint density at radius 3 is 2.90 bits per heavy atom. The molecule has 21 heavy (non-hydrogen) atoms. The van der Waals surface area contributed by atoms with Crippen molar-refractivity contribution in [2.24, 2.45) is 5.73 Å². The molecule has 0 atom stereocenters. The van der Waals surface area contributed by atoms with Crippen molar-refractivity contribution < 1.29 is 4.52 Å².